The van der Waals surface area contributed by atoms with Crippen LogP contribution in [-0.2, 0) is 14.3 Å². The Hall–Kier alpha value is -1.24. The molecule has 1 aliphatic heterocycles. The van der Waals surface area contributed by atoms with Crippen molar-refractivity contribution in [3.63, 3.8) is 0 Å². The summed E-state index contributed by atoms with van der Waals surface area (Å²) in [5.41, 5.74) is 0. The Kier molecular flexibility index (Phi) is 4.80. The summed E-state index contributed by atoms with van der Waals surface area (Å²) >= 11 is 0. The largest absolute Gasteiger partial charge is 0.479 e. The van der Waals surface area contributed by atoms with Crippen molar-refractivity contribution in [3.05, 3.63) is 12.0 Å². The number of morpholine rings is 1. The highest BCUT2D eigenvalue weighted by Gasteiger charge is 2.37. The summed E-state index contributed by atoms with van der Waals surface area (Å²) in [7, 11) is 0. The number of ketones is 1. The van der Waals surface area contributed by atoms with E-state index >= 15 is 0 Å². The maximum atomic E-state index is 12.1. The van der Waals surface area contributed by atoms with Gasteiger partial charge in [-0.2, -0.15) is 13.2 Å². The second kappa shape index (κ2) is 5.90. The van der Waals surface area contributed by atoms with Gasteiger partial charge in [0.15, 0.2) is 5.88 Å². The van der Waals surface area contributed by atoms with Crippen molar-refractivity contribution < 1.29 is 27.4 Å². The van der Waals surface area contributed by atoms with E-state index in [0.717, 1.165) is 0 Å². The summed E-state index contributed by atoms with van der Waals surface area (Å²) in [6.07, 6.45) is -4.37. The molecule has 1 aliphatic rings. The summed E-state index contributed by atoms with van der Waals surface area (Å²) in [4.78, 5) is 12.4. The van der Waals surface area contributed by atoms with Gasteiger partial charge in [-0.15, -0.1) is 0 Å². The lowest BCUT2D eigenvalue weighted by Gasteiger charge is -2.30. The predicted molar refractivity (Wildman–Crippen MR) is 53.2 cm³/mol. The average molecular weight is 253 g/mol. The standard InChI is InChI=1S/C10H14F3NO3/c1-2-17-9(7-8(15)10(11,12)13)14-3-5-16-6-4-14/h7H,2-6H2,1H3/b9-7+. The van der Waals surface area contributed by atoms with Gasteiger partial charge in [-0.1, -0.05) is 0 Å². The Morgan fingerprint density at radius 2 is 2.00 bits per heavy atom. The first-order valence-electron chi connectivity index (χ1n) is 5.23. The predicted octanol–water partition coefficient (Wildman–Crippen LogP) is 1.33. The van der Waals surface area contributed by atoms with Gasteiger partial charge in [0.2, 0.25) is 0 Å². The Balaban J connectivity index is 2.76. The minimum absolute atomic E-state index is 0.0434. The molecule has 0 bridgehead atoms. The maximum absolute atomic E-state index is 12.1. The summed E-state index contributed by atoms with van der Waals surface area (Å²) in [6, 6.07) is 0. The first kappa shape index (κ1) is 13.8. The van der Waals surface area contributed by atoms with Gasteiger partial charge in [-0.05, 0) is 6.92 Å². The van der Waals surface area contributed by atoms with E-state index in [-0.39, 0.29) is 12.5 Å². The molecule has 0 amide bonds. The Bertz CT molecular complexity index is 296. The normalized spacial score (nSPS) is 18.1. The summed E-state index contributed by atoms with van der Waals surface area (Å²) < 4.78 is 46.5. The first-order valence-corrected chi connectivity index (χ1v) is 5.23. The molecule has 17 heavy (non-hydrogen) atoms. The van der Waals surface area contributed by atoms with Crippen LogP contribution in [-0.4, -0.2) is 49.8 Å². The molecule has 1 rings (SSSR count). The monoisotopic (exact) mass is 253 g/mol. The zero-order valence-corrected chi connectivity index (χ0v) is 9.42. The minimum Gasteiger partial charge on any atom is -0.479 e. The number of allylic oxidation sites excluding steroid dienone is 1. The summed E-state index contributed by atoms with van der Waals surface area (Å²) in [6.45, 7) is 3.49. The second-order valence-electron chi connectivity index (χ2n) is 3.38. The number of ether oxygens (including phenoxy) is 2. The average Bonchev–Trinajstić information content (AvgIpc) is 2.28. The number of hydrogen-bond acceptors (Lipinski definition) is 4. The van der Waals surface area contributed by atoms with Crippen LogP contribution < -0.4 is 0 Å². The van der Waals surface area contributed by atoms with Crippen LogP contribution in [0, 0.1) is 0 Å². The number of alkyl halides is 3. The van der Waals surface area contributed by atoms with Gasteiger partial charge in [-0.3, -0.25) is 4.79 Å². The highest BCUT2D eigenvalue weighted by atomic mass is 19.4. The van der Waals surface area contributed by atoms with Crippen LogP contribution in [0.3, 0.4) is 0 Å². The zero-order chi connectivity index (χ0) is 12.9. The molecule has 0 spiro atoms. The fraction of sp³-hybridized carbons (Fsp3) is 0.700. The van der Waals surface area contributed by atoms with Gasteiger partial charge in [0.05, 0.1) is 25.9 Å². The molecular weight excluding hydrogens is 239 g/mol. The Labute approximate surface area is 97.0 Å². The molecule has 4 nitrogen and oxygen atoms in total. The second-order valence-corrected chi connectivity index (χ2v) is 3.38. The number of carbonyl (C=O) groups excluding carboxylic acids is 1. The van der Waals surface area contributed by atoms with Gasteiger partial charge in [0.1, 0.15) is 0 Å². The minimum atomic E-state index is -4.87. The number of halogens is 3. The lowest BCUT2D eigenvalue weighted by Crippen LogP contribution is -2.37. The van der Waals surface area contributed by atoms with Crippen LogP contribution in [0.5, 0.6) is 0 Å². The highest BCUT2D eigenvalue weighted by Crippen LogP contribution is 2.19. The molecule has 0 aromatic rings. The van der Waals surface area contributed by atoms with Gasteiger partial charge < -0.3 is 14.4 Å². The van der Waals surface area contributed by atoms with E-state index in [1.54, 1.807) is 11.8 Å². The molecule has 1 saturated heterocycles. The Morgan fingerprint density at radius 3 is 2.47 bits per heavy atom. The van der Waals surface area contributed by atoms with E-state index < -0.39 is 12.0 Å². The smallest absolute Gasteiger partial charge is 0.454 e. The van der Waals surface area contributed by atoms with Crippen LogP contribution >= 0.6 is 0 Å². The quantitative estimate of drug-likeness (QED) is 0.559. The molecule has 0 saturated carbocycles. The third-order valence-corrected chi connectivity index (χ3v) is 2.15. The molecule has 0 radical (unpaired) electrons. The van der Waals surface area contributed by atoms with Crippen molar-refractivity contribution in [1.82, 2.24) is 4.90 Å². The molecule has 0 aromatic heterocycles. The van der Waals surface area contributed by atoms with Crippen LogP contribution in [0.15, 0.2) is 12.0 Å². The molecule has 0 aromatic carbocycles. The zero-order valence-electron chi connectivity index (χ0n) is 9.42. The topological polar surface area (TPSA) is 38.8 Å². The fourth-order valence-corrected chi connectivity index (χ4v) is 1.35. The SMILES string of the molecule is CCO/C(=C/C(=O)C(F)(F)F)N1CCOCC1. The summed E-state index contributed by atoms with van der Waals surface area (Å²) in [5, 5.41) is 0. The first-order chi connectivity index (χ1) is 7.95. The number of rotatable bonds is 4. The van der Waals surface area contributed by atoms with Crippen LogP contribution in [0.1, 0.15) is 6.92 Å². The van der Waals surface area contributed by atoms with Crippen LogP contribution in [0.4, 0.5) is 13.2 Å². The van der Waals surface area contributed by atoms with E-state index in [1.807, 2.05) is 0 Å². The van der Waals surface area contributed by atoms with Crippen molar-refractivity contribution in [2.45, 2.75) is 13.1 Å². The van der Waals surface area contributed by atoms with Crippen molar-refractivity contribution in [3.8, 4) is 0 Å². The summed E-state index contributed by atoms with van der Waals surface area (Å²) in [5.74, 6) is -1.95. The molecule has 98 valence electrons. The van der Waals surface area contributed by atoms with Crippen LogP contribution in [0.25, 0.3) is 0 Å². The van der Waals surface area contributed by atoms with E-state index in [2.05, 4.69) is 0 Å². The third-order valence-electron chi connectivity index (χ3n) is 2.15. The maximum Gasteiger partial charge on any atom is 0.454 e. The molecule has 7 heteroatoms. The van der Waals surface area contributed by atoms with Crippen molar-refractivity contribution in [2.75, 3.05) is 32.9 Å². The van der Waals surface area contributed by atoms with E-state index in [1.165, 1.54) is 0 Å². The lowest BCUT2D eigenvalue weighted by atomic mass is 10.3. The third kappa shape index (κ3) is 4.26. The molecular formula is C10H14F3NO3. The highest BCUT2D eigenvalue weighted by molar-refractivity contribution is 5.94. The molecule has 0 N–H and O–H groups in total. The van der Waals surface area contributed by atoms with Crippen molar-refractivity contribution in [2.24, 2.45) is 0 Å². The van der Waals surface area contributed by atoms with E-state index in [0.29, 0.717) is 32.4 Å². The fourth-order valence-electron chi connectivity index (χ4n) is 1.35. The number of carbonyl (C=O) groups is 1. The van der Waals surface area contributed by atoms with Gasteiger partial charge in [-0.25, -0.2) is 0 Å². The molecule has 0 aliphatic carbocycles. The van der Waals surface area contributed by atoms with Gasteiger partial charge in [0.25, 0.3) is 5.78 Å². The Morgan fingerprint density at radius 1 is 1.41 bits per heavy atom. The van der Waals surface area contributed by atoms with E-state index in [4.69, 9.17) is 9.47 Å². The molecule has 1 fully saturated rings. The number of hydrogen-bond donors (Lipinski definition) is 0. The van der Waals surface area contributed by atoms with Gasteiger partial charge in [0, 0.05) is 13.1 Å². The number of nitrogens with zero attached hydrogens (tertiary/aromatic N) is 1. The van der Waals surface area contributed by atoms with E-state index in [9.17, 15) is 18.0 Å². The van der Waals surface area contributed by atoms with Gasteiger partial charge >= 0.3 is 6.18 Å². The molecule has 0 atom stereocenters. The van der Waals surface area contributed by atoms with Crippen molar-refractivity contribution in [1.29, 1.82) is 0 Å². The molecule has 0 unspecified atom stereocenters. The van der Waals surface area contributed by atoms with Crippen LogP contribution in [0.2, 0.25) is 0 Å². The lowest BCUT2D eigenvalue weighted by molar-refractivity contribution is -0.165. The van der Waals surface area contributed by atoms with Crippen molar-refractivity contribution >= 4 is 5.78 Å². The molecule has 1 heterocycles.